The van der Waals surface area contributed by atoms with Crippen molar-refractivity contribution < 1.29 is 18.9 Å². The van der Waals surface area contributed by atoms with Crippen molar-refractivity contribution in [3.63, 3.8) is 0 Å². The van der Waals surface area contributed by atoms with Crippen LogP contribution in [-0.2, 0) is 11.3 Å². The highest BCUT2D eigenvalue weighted by Crippen LogP contribution is 2.23. The second kappa shape index (κ2) is 9.36. The first-order chi connectivity index (χ1) is 15.8. The topological polar surface area (TPSA) is 96.6 Å². The number of amides is 3. The normalized spacial score (nSPS) is 13.0. The zero-order chi connectivity index (χ0) is 23.5. The van der Waals surface area contributed by atoms with Crippen LogP contribution in [0.4, 0.5) is 0 Å². The quantitative estimate of drug-likeness (QED) is 0.488. The van der Waals surface area contributed by atoms with Crippen molar-refractivity contribution in [2.45, 2.75) is 46.2 Å². The van der Waals surface area contributed by atoms with Gasteiger partial charge in [0.15, 0.2) is 0 Å². The zero-order valence-corrected chi connectivity index (χ0v) is 18.9. The van der Waals surface area contributed by atoms with Gasteiger partial charge in [-0.1, -0.05) is 41.1 Å². The third-order valence-corrected chi connectivity index (χ3v) is 5.64. The molecule has 0 fully saturated rings. The maximum atomic E-state index is 12.9. The van der Waals surface area contributed by atoms with Crippen molar-refractivity contribution in [2.24, 2.45) is 0 Å². The number of carbonyl (C=O) groups excluding carboxylic acids is 3. The van der Waals surface area contributed by atoms with Gasteiger partial charge in [-0.3, -0.25) is 19.3 Å². The maximum Gasteiger partial charge on any atom is 0.261 e. The fourth-order valence-electron chi connectivity index (χ4n) is 3.90. The molecular formula is C25H26N4O4. The fourth-order valence-corrected chi connectivity index (χ4v) is 3.90. The standard InChI is InChI=1S/C25H26N4O4/c1-16(2)29(15-21-26-23(27-33-21)18-9-6-8-17(3)14-18)22(30)12-7-13-28-24(31)19-10-4-5-11-20(19)25(28)32/h4-6,8-11,14,16H,7,12-13,15H2,1-3H3. The van der Waals surface area contributed by atoms with Crippen LogP contribution in [0.2, 0.25) is 0 Å². The number of nitrogens with zero attached hydrogens (tertiary/aromatic N) is 4. The number of imide groups is 1. The van der Waals surface area contributed by atoms with E-state index in [0.717, 1.165) is 11.1 Å². The molecule has 170 valence electrons. The van der Waals surface area contributed by atoms with E-state index < -0.39 is 0 Å². The van der Waals surface area contributed by atoms with Gasteiger partial charge in [0, 0.05) is 24.6 Å². The van der Waals surface area contributed by atoms with Gasteiger partial charge in [0.1, 0.15) is 6.54 Å². The lowest BCUT2D eigenvalue weighted by atomic mass is 10.1. The van der Waals surface area contributed by atoms with Crippen LogP contribution >= 0.6 is 0 Å². The lowest BCUT2D eigenvalue weighted by molar-refractivity contribution is -0.134. The summed E-state index contributed by atoms with van der Waals surface area (Å²) in [6.07, 6.45) is 0.580. The van der Waals surface area contributed by atoms with Gasteiger partial charge in [-0.05, 0) is 45.4 Å². The molecule has 2 aromatic carbocycles. The summed E-state index contributed by atoms with van der Waals surface area (Å²) in [5.41, 5.74) is 2.78. The number of hydrogen-bond donors (Lipinski definition) is 0. The molecule has 0 spiro atoms. The monoisotopic (exact) mass is 446 g/mol. The number of carbonyl (C=O) groups is 3. The summed E-state index contributed by atoms with van der Waals surface area (Å²) in [6, 6.07) is 14.5. The van der Waals surface area contributed by atoms with Gasteiger partial charge in [0.05, 0.1) is 11.1 Å². The van der Waals surface area contributed by atoms with Crippen LogP contribution in [0, 0.1) is 6.92 Å². The Labute approximate surface area is 192 Å². The molecule has 0 aliphatic carbocycles. The first kappa shape index (κ1) is 22.4. The van der Waals surface area contributed by atoms with E-state index in [1.165, 1.54) is 4.90 Å². The molecular weight excluding hydrogens is 420 g/mol. The van der Waals surface area contributed by atoms with E-state index in [1.807, 2.05) is 45.0 Å². The van der Waals surface area contributed by atoms with Crippen LogP contribution in [-0.4, -0.2) is 50.2 Å². The van der Waals surface area contributed by atoms with E-state index in [4.69, 9.17) is 4.52 Å². The highest BCUT2D eigenvalue weighted by Gasteiger charge is 2.34. The molecule has 4 rings (SSSR count). The van der Waals surface area contributed by atoms with E-state index in [0.29, 0.717) is 29.3 Å². The Hall–Kier alpha value is -3.81. The SMILES string of the molecule is Cc1cccc(-c2noc(CN(C(=O)CCCN3C(=O)c4ccccc4C3=O)C(C)C)n2)c1. The Balaban J connectivity index is 1.36. The molecule has 0 N–H and O–H groups in total. The minimum Gasteiger partial charge on any atom is -0.337 e. The highest BCUT2D eigenvalue weighted by molar-refractivity contribution is 6.21. The molecule has 2 heterocycles. The van der Waals surface area contributed by atoms with Crippen LogP contribution in [0.5, 0.6) is 0 Å². The van der Waals surface area contributed by atoms with Crippen LogP contribution in [0.3, 0.4) is 0 Å². The zero-order valence-electron chi connectivity index (χ0n) is 18.9. The summed E-state index contributed by atoms with van der Waals surface area (Å²) in [5, 5.41) is 4.04. The highest BCUT2D eigenvalue weighted by atomic mass is 16.5. The van der Waals surface area contributed by atoms with Crippen molar-refractivity contribution in [2.75, 3.05) is 6.54 Å². The minimum absolute atomic E-state index is 0.0777. The molecule has 8 nitrogen and oxygen atoms in total. The number of rotatable bonds is 8. The van der Waals surface area contributed by atoms with Crippen molar-refractivity contribution in [3.8, 4) is 11.4 Å². The van der Waals surface area contributed by atoms with Crippen molar-refractivity contribution in [1.29, 1.82) is 0 Å². The predicted molar refractivity (Wildman–Crippen MR) is 121 cm³/mol. The molecule has 0 unspecified atom stereocenters. The molecule has 33 heavy (non-hydrogen) atoms. The van der Waals surface area contributed by atoms with Crippen molar-refractivity contribution in [3.05, 3.63) is 71.1 Å². The summed E-state index contributed by atoms with van der Waals surface area (Å²) < 4.78 is 5.39. The Morgan fingerprint density at radius 2 is 1.76 bits per heavy atom. The lowest BCUT2D eigenvalue weighted by Crippen LogP contribution is -2.37. The molecule has 0 atom stereocenters. The smallest absolute Gasteiger partial charge is 0.261 e. The molecule has 3 aromatic rings. The number of hydrogen-bond acceptors (Lipinski definition) is 6. The Bertz CT molecular complexity index is 1170. The third kappa shape index (κ3) is 4.69. The van der Waals surface area contributed by atoms with Crippen LogP contribution in [0.25, 0.3) is 11.4 Å². The van der Waals surface area contributed by atoms with Gasteiger partial charge >= 0.3 is 0 Å². The van der Waals surface area contributed by atoms with Gasteiger partial charge < -0.3 is 9.42 Å². The van der Waals surface area contributed by atoms with Gasteiger partial charge in [0.2, 0.25) is 17.6 Å². The number of aryl methyl sites for hydroxylation is 1. The number of fused-ring (bicyclic) bond motifs is 1. The third-order valence-electron chi connectivity index (χ3n) is 5.64. The first-order valence-electron chi connectivity index (χ1n) is 11.0. The van der Waals surface area contributed by atoms with E-state index in [-0.39, 0.29) is 43.3 Å². The Kier molecular flexibility index (Phi) is 6.35. The molecule has 0 saturated carbocycles. The summed E-state index contributed by atoms with van der Waals surface area (Å²) in [4.78, 5) is 45.2. The summed E-state index contributed by atoms with van der Waals surface area (Å²) in [5.74, 6) is 0.123. The van der Waals surface area contributed by atoms with Crippen molar-refractivity contribution in [1.82, 2.24) is 19.9 Å². The average Bonchev–Trinajstić information content (AvgIpc) is 3.36. The second-order valence-corrected chi connectivity index (χ2v) is 8.41. The molecule has 1 aromatic heterocycles. The van der Waals surface area contributed by atoms with E-state index in [2.05, 4.69) is 10.1 Å². The van der Waals surface area contributed by atoms with Gasteiger partial charge in [-0.25, -0.2) is 0 Å². The molecule has 8 heteroatoms. The van der Waals surface area contributed by atoms with Crippen molar-refractivity contribution >= 4 is 17.7 Å². The Morgan fingerprint density at radius 1 is 1.06 bits per heavy atom. The van der Waals surface area contributed by atoms with Crippen LogP contribution in [0.15, 0.2) is 53.1 Å². The predicted octanol–water partition coefficient (Wildman–Crippen LogP) is 3.86. The molecule has 0 saturated heterocycles. The summed E-state index contributed by atoms with van der Waals surface area (Å²) in [6.45, 7) is 6.22. The minimum atomic E-state index is -0.307. The van der Waals surface area contributed by atoms with E-state index >= 15 is 0 Å². The van der Waals surface area contributed by atoms with Crippen LogP contribution < -0.4 is 0 Å². The van der Waals surface area contributed by atoms with E-state index in [9.17, 15) is 14.4 Å². The van der Waals surface area contributed by atoms with Gasteiger partial charge in [0.25, 0.3) is 11.8 Å². The molecule has 1 aliphatic heterocycles. The first-order valence-corrected chi connectivity index (χ1v) is 11.0. The average molecular weight is 447 g/mol. The molecule has 1 aliphatic rings. The maximum absolute atomic E-state index is 12.9. The van der Waals surface area contributed by atoms with E-state index in [1.54, 1.807) is 29.2 Å². The van der Waals surface area contributed by atoms with Gasteiger partial charge in [-0.15, -0.1) is 0 Å². The van der Waals surface area contributed by atoms with Gasteiger partial charge in [-0.2, -0.15) is 4.98 Å². The summed E-state index contributed by atoms with van der Waals surface area (Å²) in [7, 11) is 0. The second-order valence-electron chi connectivity index (χ2n) is 8.41. The molecule has 0 radical (unpaired) electrons. The molecule has 3 amide bonds. The summed E-state index contributed by atoms with van der Waals surface area (Å²) >= 11 is 0. The molecule has 0 bridgehead atoms. The Morgan fingerprint density at radius 3 is 2.39 bits per heavy atom. The van der Waals surface area contributed by atoms with Crippen LogP contribution in [0.1, 0.15) is 58.9 Å². The fraction of sp³-hybridized carbons (Fsp3) is 0.320. The number of aromatic nitrogens is 2. The lowest BCUT2D eigenvalue weighted by Gasteiger charge is -2.25. The largest absolute Gasteiger partial charge is 0.337 e. The number of benzene rings is 2.